The number of hydrogen-bond donors (Lipinski definition) is 1. The molecule has 2 rings (SSSR count). The van der Waals surface area contributed by atoms with E-state index in [1.165, 1.54) is 12.1 Å². The van der Waals surface area contributed by atoms with Gasteiger partial charge in [0, 0.05) is 18.2 Å². The average Bonchev–Trinajstić information content (AvgIpc) is 2.42. The lowest BCUT2D eigenvalue weighted by molar-refractivity contribution is -0.385. The zero-order valence-corrected chi connectivity index (χ0v) is 10.9. The fourth-order valence-corrected chi connectivity index (χ4v) is 1.91. The van der Waals surface area contributed by atoms with Crippen molar-refractivity contribution in [3.05, 3.63) is 62.9 Å². The predicted molar refractivity (Wildman–Crippen MR) is 72.5 cm³/mol. The van der Waals surface area contributed by atoms with E-state index in [-0.39, 0.29) is 17.3 Å². The third-order valence-corrected chi connectivity index (χ3v) is 2.91. The van der Waals surface area contributed by atoms with Crippen LogP contribution in [0.15, 0.2) is 36.4 Å². The first-order valence-corrected chi connectivity index (χ1v) is 6.00. The van der Waals surface area contributed by atoms with Gasteiger partial charge in [0.25, 0.3) is 0 Å². The number of hydrogen-bond acceptors (Lipinski definition) is 4. The van der Waals surface area contributed by atoms with Crippen LogP contribution in [-0.4, -0.2) is 4.92 Å². The van der Waals surface area contributed by atoms with Crippen LogP contribution in [0.2, 0.25) is 5.02 Å². The third kappa shape index (κ3) is 2.71. The maximum Gasteiger partial charge on any atom is 0.314 e. The van der Waals surface area contributed by atoms with E-state index in [4.69, 9.17) is 22.1 Å². The molecule has 0 aliphatic rings. The predicted octanol–water partition coefficient (Wildman–Crippen LogP) is 3.64. The van der Waals surface area contributed by atoms with Crippen LogP contribution in [0.1, 0.15) is 5.56 Å². The number of nitrogens with zero attached hydrogens (tertiary/aromatic N) is 1. The van der Waals surface area contributed by atoms with Gasteiger partial charge in [0.15, 0.2) is 11.6 Å². The Kier molecular flexibility index (Phi) is 4.16. The van der Waals surface area contributed by atoms with E-state index in [9.17, 15) is 14.5 Å². The van der Waals surface area contributed by atoms with Crippen LogP contribution >= 0.6 is 11.6 Å². The first kappa shape index (κ1) is 14.2. The van der Waals surface area contributed by atoms with E-state index < -0.39 is 22.2 Å². The molecule has 0 aliphatic heterocycles. The quantitative estimate of drug-likeness (QED) is 0.690. The highest BCUT2D eigenvalue weighted by molar-refractivity contribution is 6.32. The molecule has 0 saturated carbocycles. The summed E-state index contributed by atoms with van der Waals surface area (Å²) in [6, 6.07) is 8.29. The highest BCUT2D eigenvalue weighted by atomic mass is 35.5. The number of nitrogens with two attached hydrogens (primary N) is 1. The summed E-state index contributed by atoms with van der Waals surface area (Å²) >= 11 is 5.97. The molecule has 0 atom stereocenters. The van der Waals surface area contributed by atoms with Gasteiger partial charge in [0.2, 0.25) is 5.75 Å². The van der Waals surface area contributed by atoms with E-state index in [1.54, 1.807) is 12.1 Å². The molecule has 0 spiro atoms. The van der Waals surface area contributed by atoms with Crippen molar-refractivity contribution in [1.29, 1.82) is 0 Å². The Morgan fingerprint density at radius 3 is 2.60 bits per heavy atom. The van der Waals surface area contributed by atoms with Crippen molar-refractivity contribution in [2.75, 3.05) is 0 Å². The summed E-state index contributed by atoms with van der Waals surface area (Å²) in [5.41, 5.74) is 5.59. The molecule has 20 heavy (non-hydrogen) atoms. The molecular formula is C13H10ClFN2O3. The minimum atomic E-state index is -0.845. The second-order valence-electron chi connectivity index (χ2n) is 3.88. The number of nitro benzene ring substituents is 1. The Hall–Kier alpha value is -2.18. The molecule has 7 heteroatoms. The van der Waals surface area contributed by atoms with E-state index >= 15 is 0 Å². The van der Waals surface area contributed by atoms with Gasteiger partial charge in [-0.25, -0.2) is 4.39 Å². The lowest BCUT2D eigenvalue weighted by Gasteiger charge is -2.12. The van der Waals surface area contributed by atoms with Crippen LogP contribution in [0.4, 0.5) is 10.1 Å². The van der Waals surface area contributed by atoms with Crippen molar-refractivity contribution < 1.29 is 14.1 Å². The molecule has 2 aromatic rings. The highest BCUT2D eigenvalue weighted by Gasteiger charge is 2.22. The van der Waals surface area contributed by atoms with Crippen molar-refractivity contribution in [2.24, 2.45) is 5.73 Å². The van der Waals surface area contributed by atoms with Crippen LogP contribution in [-0.2, 0) is 6.54 Å². The Morgan fingerprint density at radius 1 is 1.25 bits per heavy atom. The van der Waals surface area contributed by atoms with Crippen LogP contribution in [0, 0.1) is 15.9 Å². The standard InChI is InChI=1S/C13H10ClFN2O3/c14-9-4-1-3-8(7-16)12(9)20-13-10(15)5-2-6-11(13)17(18)19/h1-6H,7,16H2. The van der Waals surface area contributed by atoms with Crippen molar-refractivity contribution >= 4 is 17.3 Å². The third-order valence-electron chi connectivity index (χ3n) is 2.62. The summed E-state index contributed by atoms with van der Waals surface area (Å²) in [6.45, 7) is 0.109. The van der Waals surface area contributed by atoms with E-state index in [2.05, 4.69) is 0 Å². The first-order valence-electron chi connectivity index (χ1n) is 5.62. The van der Waals surface area contributed by atoms with Crippen molar-refractivity contribution in [1.82, 2.24) is 0 Å². The summed E-state index contributed by atoms with van der Waals surface area (Å²) in [7, 11) is 0. The molecule has 0 bridgehead atoms. The lowest BCUT2D eigenvalue weighted by atomic mass is 10.2. The van der Waals surface area contributed by atoms with Gasteiger partial charge >= 0.3 is 5.69 Å². The Labute approximate surface area is 118 Å². The number of para-hydroxylation sites is 2. The van der Waals surface area contributed by atoms with Gasteiger partial charge in [0.05, 0.1) is 9.95 Å². The van der Waals surface area contributed by atoms with Crippen LogP contribution in [0.25, 0.3) is 0 Å². The van der Waals surface area contributed by atoms with Gasteiger partial charge < -0.3 is 10.5 Å². The molecule has 0 unspecified atom stereocenters. The smallest absolute Gasteiger partial charge is 0.314 e. The van der Waals surface area contributed by atoms with Crippen molar-refractivity contribution in [2.45, 2.75) is 6.54 Å². The number of rotatable bonds is 4. The fraction of sp³-hybridized carbons (Fsp3) is 0.0769. The number of benzene rings is 2. The van der Waals surface area contributed by atoms with Gasteiger partial charge in [0.1, 0.15) is 0 Å². The molecule has 0 aliphatic carbocycles. The van der Waals surface area contributed by atoms with Gasteiger partial charge in [-0.15, -0.1) is 0 Å². The van der Waals surface area contributed by atoms with Crippen molar-refractivity contribution in [3.8, 4) is 11.5 Å². The van der Waals surface area contributed by atoms with Crippen LogP contribution in [0.3, 0.4) is 0 Å². The molecule has 0 fully saturated rings. The summed E-state index contributed by atoms with van der Waals surface area (Å²) in [5, 5.41) is 11.1. The molecule has 0 radical (unpaired) electrons. The zero-order valence-electron chi connectivity index (χ0n) is 10.2. The lowest BCUT2D eigenvalue weighted by Crippen LogP contribution is -2.02. The van der Waals surface area contributed by atoms with Gasteiger partial charge in [-0.05, 0) is 12.1 Å². The van der Waals surface area contributed by atoms with E-state index in [0.29, 0.717) is 5.56 Å². The second-order valence-corrected chi connectivity index (χ2v) is 4.29. The molecule has 2 N–H and O–H groups in total. The molecule has 5 nitrogen and oxygen atoms in total. The van der Waals surface area contributed by atoms with Crippen molar-refractivity contribution in [3.63, 3.8) is 0 Å². The fourth-order valence-electron chi connectivity index (χ4n) is 1.67. The minimum Gasteiger partial charge on any atom is -0.445 e. The summed E-state index contributed by atoms with van der Waals surface area (Å²) in [6.07, 6.45) is 0. The molecular weight excluding hydrogens is 287 g/mol. The Morgan fingerprint density at radius 2 is 1.95 bits per heavy atom. The molecule has 2 aromatic carbocycles. The summed E-state index contributed by atoms with van der Waals surface area (Å²) in [5.74, 6) is -1.22. The number of ether oxygens (including phenoxy) is 1. The Balaban J connectivity index is 2.53. The second kappa shape index (κ2) is 5.85. The molecule has 0 amide bonds. The van der Waals surface area contributed by atoms with E-state index in [0.717, 1.165) is 12.1 Å². The van der Waals surface area contributed by atoms with Crippen LogP contribution < -0.4 is 10.5 Å². The maximum atomic E-state index is 13.8. The van der Waals surface area contributed by atoms with Gasteiger partial charge in [-0.3, -0.25) is 10.1 Å². The average molecular weight is 297 g/mol. The highest BCUT2D eigenvalue weighted by Crippen LogP contribution is 2.38. The first-order chi connectivity index (χ1) is 9.54. The molecule has 0 saturated heterocycles. The number of nitro groups is 1. The van der Waals surface area contributed by atoms with Gasteiger partial charge in [-0.2, -0.15) is 0 Å². The number of halogens is 2. The van der Waals surface area contributed by atoms with Crippen LogP contribution in [0.5, 0.6) is 11.5 Å². The molecule has 0 aromatic heterocycles. The van der Waals surface area contributed by atoms with E-state index in [1.807, 2.05) is 0 Å². The topological polar surface area (TPSA) is 78.4 Å². The molecule has 104 valence electrons. The monoisotopic (exact) mass is 296 g/mol. The SMILES string of the molecule is NCc1cccc(Cl)c1Oc1c(F)cccc1[N+](=O)[O-]. The summed E-state index contributed by atoms with van der Waals surface area (Å²) < 4.78 is 19.1. The largest absolute Gasteiger partial charge is 0.445 e. The zero-order chi connectivity index (χ0) is 14.7. The Bertz CT molecular complexity index is 664. The van der Waals surface area contributed by atoms with Gasteiger partial charge in [-0.1, -0.05) is 29.8 Å². The normalized spacial score (nSPS) is 10.3. The minimum absolute atomic E-state index is 0.109. The molecule has 0 heterocycles. The maximum absolute atomic E-state index is 13.8. The summed E-state index contributed by atoms with van der Waals surface area (Å²) in [4.78, 5) is 10.2.